The second kappa shape index (κ2) is 9.23. The third kappa shape index (κ3) is 5.23. The summed E-state index contributed by atoms with van der Waals surface area (Å²) in [6.45, 7) is 1.94. The van der Waals surface area contributed by atoms with E-state index in [9.17, 15) is 13.2 Å². The minimum atomic E-state index is -4.08. The van der Waals surface area contributed by atoms with Gasteiger partial charge in [-0.3, -0.25) is 4.99 Å². The van der Waals surface area contributed by atoms with E-state index in [1.807, 2.05) is 0 Å². The van der Waals surface area contributed by atoms with Crippen LogP contribution in [-0.2, 0) is 19.5 Å². The van der Waals surface area contributed by atoms with Crippen molar-refractivity contribution in [2.24, 2.45) is 16.8 Å². The summed E-state index contributed by atoms with van der Waals surface area (Å²) >= 11 is 0. The Morgan fingerprint density at radius 1 is 1.23 bits per heavy atom. The van der Waals surface area contributed by atoms with Crippen molar-refractivity contribution in [3.8, 4) is 0 Å². The zero-order chi connectivity index (χ0) is 17.9. The van der Waals surface area contributed by atoms with Crippen LogP contribution in [0.3, 0.4) is 0 Å². The van der Waals surface area contributed by atoms with Crippen LogP contribution >= 0.6 is 24.0 Å². The SMILES string of the molecule is CN=C(NCc1nnc2n1CCC2)NCC1CCCC(C(F)(F)F)C1.I. The van der Waals surface area contributed by atoms with Crippen LogP contribution < -0.4 is 10.6 Å². The van der Waals surface area contributed by atoms with Gasteiger partial charge in [0.05, 0.1) is 12.5 Å². The average Bonchev–Trinajstić information content (AvgIpc) is 3.19. The van der Waals surface area contributed by atoms with Gasteiger partial charge in [-0.1, -0.05) is 6.42 Å². The molecule has 1 aliphatic carbocycles. The summed E-state index contributed by atoms with van der Waals surface area (Å²) in [6.07, 6.45) is -0.111. The van der Waals surface area contributed by atoms with Crippen LogP contribution in [0.4, 0.5) is 13.2 Å². The van der Waals surface area contributed by atoms with Crippen molar-refractivity contribution in [3.63, 3.8) is 0 Å². The fourth-order valence-electron chi connectivity index (χ4n) is 3.74. The van der Waals surface area contributed by atoms with Gasteiger partial charge in [-0.15, -0.1) is 34.2 Å². The number of hydrogen-bond acceptors (Lipinski definition) is 3. The molecule has 2 N–H and O–H groups in total. The highest BCUT2D eigenvalue weighted by atomic mass is 127. The van der Waals surface area contributed by atoms with Gasteiger partial charge in [-0.2, -0.15) is 13.2 Å². The van der Waals surface area contributed by atoms with Gasteiger partial charge >= 0.3 is 6.18 Å². The molecule has 2 atom stereocenters. The molecule has 148 valence electrons. The number of fused-ring (bicyclic) bond motifs is 1. The third-order valence-electron chi connectivity index (χ3n) is 5.13. The molecule has 26 heavy (non-hydrogen) atoms. The molecule has 2 aliphatic rings. The van der Waals surface area contributed by atoms with Gasteiger partial charge in [0.1, 0.15) is 5.82 Å². The Balaban J connectivity index is 0.00000243. The molecule has 0 radical (unpaired) electrons. The van der Waals surface area contributed by atoms with Gasteiger partial charge < -0.3 is 15.2 Å². The van der Waals surface area contributed by atoms with Crippen molar-refractivity contribution in [1.82, 2.24) is 25.4 Å². The molecule has 1 aromatic rings. The van der Waals surface area contributed by atoms with Crippen LogP contribution in [-0.4, -0.2) is 40.5 Å². The van der Waals surface area contributed by atoms with Crippen molar-refractivity contribution in [3.05, 3.63) is 11.6 Å². The first-order valence-electron chi connectivity index (χ1n) is 8.89. The summed E-state index contributed by atoms with van der Waals surface area (Å²) in [4.78, 5) is 4.15. The van der Waals surface area contributed by atoms with Gasteiger partial charge in [0.2, 0.25) is 0 Å². The zero-order valence-corrected chi connectivity index (χ0v) is 17.2. The molecule has 3 rings (SSSR count). The fourth-order valence-corrected chi connectivity index (χ4v) is 3.74. The van der Waals surface area contributed by atoms with E-state index in [2.05, 4.69) is 30.4 Å². The molecule has 0 aromatic carbocycles. The van der Waals surface area contributed by atoms with E-state index in [4.69, 9.17) is 0 Å². The van der Waals surface area contributed by atoms with E-state index >= 15 is 0 Å². The summed E-state index contributed by atoms with van der Waals surface area (Å²) in [5, 5.41) is 14.7. The summed E-state index contributed by atoms with van der Waals surface area (Å²) in [6, 6.07) is 0. The lowest BCUT2D eigenvalue weighted by molar-refractivity contribution is -0.185. The summed E-state index contributed by atoms with van der Waals surface area (Å²) < 4.78 is 40.8. The number of alkyl halides is 3. The van der Waals surface area contributed by atoms with Crippen LogP contribution in [0.25, 0.3) is 0 Å². The van der Waals surface area contributed by atoms with Crippen molar-refractivity contribution in [1.29, 1.82) is 0 Å². The first kappa shape index (κ1) is 21.2. The standard InChI is InChI=1S/C16H25F3N6.HI/c1-20-15(22-10-14-24-23-13-6-3-7-25(13)14)21-9-11-4-2-5-12(8-11)16(17,18)19;/h11-12H,2-10H2,1H3,(H2,20,21,22);1H. The van der Waals surface area contributed by atoms with Crippen LogP contribution in [0.1, 0.15) is 43.8 Å². The monoisotopic (exact) mass is 486 g/mol. The number of aromatic nitrogens is 3. The summed E-state index contributed by atoms with van der Waals surface area (Å²) in [5.74, 6) is 1.33. The van der Waals surface area contributed by atoms with E-state index < -0.39 is 12.1 Å². The van der Waals surface area contributed by atoms with E-state index in [-0.39, 0.29) is 42.7 Å². The normalized spacial score (nSPS) is 23.3. The minimum absolute atomic E-state index is 0. The number of aliphatic imine (C=N–C) groups is 1. The molecule has 1 aliphatic heterocycles. The molecular formula is C16H26F3IN6. The summed E-state index contributed by atoms with van der Waals surface area (Å²) in [7, 11) is 1.66. The number of nitrogens with zero attached hydrogens (tertiary/aromatic N) is 4. The molecule has 0 amide bonds. The first-order chi connectivity index (χ1) is 12.0. The van der Waals surface area contributed by atoms with Crippen LogP contribution in [0, 0.1) is 11.8 Å². The van der Waals surface area contributed by atoms with Crippen LogP contribution in [0.15, 0.2) is 4.99 Å². The lowest BCUT2D eigenvalue weighted by Crippen LogP contribution is -2.41. The molecule has 1 fully saturated rings. The smallest absolute Gasteiger partial charge is 0.356 e. The van der Waals surface area contributed by atoms with Crippen molar-refractivity contribution < 1.29 is 13.2 Å². The third-order valence-corrected chi connectivity index (χ3v) is 5.13. The maximum Gasteiger partial charge on any atom is 0.391 e. The fraction of sp³-hybridized carbons (Fsp3) is 0.812. The van der Waals surface area contributed by atoms with Crippen molar-refractivity contribution in [2.75, 3.05) is 13.6 Å². The number of aryl methyl sites for hydroxylation is 1. The molecule has 6 nitrogen and oxygen atoms in total. The Kier molecular flexibility index (Phi) is 7.53. The van der Waals surface area contributed by atoms with E-state index in [0.717, 1.165) is 37.5 Å². The van der Waals surface area contributed by atoms with E-state index in [1.54, 1.807) is 7.05 Å². The number of hydrogen-bond donors (Lipinski definition) is 2. The van der Waals surface area contributed by atoms with Crippen LogP contribution in [0.5, 0.6) is 0 Å². The molecular weight excluding hydrogens is 460 g/mol. The van der Waals surface area contributed by atoms with Gasteiger partial charge in [0.15, 0.2) is 11.8 Å². The number of guanidine groups is 1. The average molecular weight is 486 g/mol. The van der Waals surface area contributed by atoms with E-state index in [0.29, 0.717) is 25.5 Å². The quantitative estimate of drug-likeness (QED) is 0.391. The molecule has 0 saturated heterocycles. The Hall–Kier alpha value is -1.07. The largest absolute Gasteiger partial charge is 0.391 e. The molecule has 2 heterocycles. The second-order valence-corrected chi connectivity index (χ2v) is 6.87. The van der Waals surface area contributed by atoms with Crippen LogP contribution in [0.2, 0.25) is 0 Å². The minimum Gasteiger partial charge on any atom is -0.356 e. The van der Waals surface area contributed by atoms with Crippen molar-refractivity contribution >= 4 is 29.9 Å². The molecule has 10 heteroatoms. The predicted molar refractivity (Wildman–Crippen MR) is 103 cm³/mol. The second-order valence-electron chi connectivity index (χ2n) is 6.87. The molecule has 1 saturated carbocycles. The van der Waals surface area contributed by atoms with Gasteiger partial charge in [-0.25, -0.2) is 0 Å². The lowest BCUT2D eigenvalue weighted by atomic mass is 9.81. The highest BCUT2D eigenvalue weighted by molar-refractivity contribution is 14.0. The van der Waals surface area contributed by atoms with Crippen molar-refractivity contribution in [2.45, 2.75) is 57.8 Å². The Morgan fingerprint density at radius 2 is 2.04 bits per heavy atom. The maximum atomic E-state index is 12.9. The Labute approximate surface area is 168 Å². The number of nitrogens with one attached hydrogen (secondary N) is 2. The molecule has 1 aromatic heterocycles. The lowest BCUT2D eigenvalue weighted by Gasteiger charge is -2.30. The highest BCUT2D eigenvalue weighted by Crippen LogP contribution is 2.39. The first-order valence-corrected chi connectivity index (χ1v) is 8.89. The summed E-state index contributed by atoms with van der Waals surface area (Å²) in [5.41, 5.74) is 0. The predicted octanol–water partition coefficient (Wildman–Crippen LogP) is 2.88. The van der Waals surface area contributed by atoms with Gasteiger partial charge in [0.25, 0.3) is 0 Å². The van der Waals surface area contributed by atoms with Gasteiger partial charge in [0, 0.05) is 26.6 Å². The highest BCUT2D eigenvalue weighted by Gasteiger charge is 2.42. The molecule has 2 unspecified atom stereocenters. The topological polar surface area (TPSA) is 67.1 Å². The maximum absolute atomic E-state index is 12.9. The Bertz CT molecular complexity index is 616. The zero-order valence-electron chi connectivity index (χ0n) is 14.8. The number of halogens is 4. The molecule has 0 spiro atoms. The Morgan fingerprint density at radius 3 is 2.77 bits per heavy atom. The molecule has 0 bridgehead atoms. The van der Waals surface area contributed by atoms with Gasteiger partial charge in [-0.05, 0) is 31.6 Å². The van der Waals surface area contributed by atoms with E-state index in [1.165, 1.54) is 0 Å². The number of rotatable bonds is 4.